The fourth-order valence-electron chi connectivity index (χ4n) is 4.26. The maximum Gasteiger partial charge on any atom is 0.340 e. The largest absolute Gasteiger partial charge is 0.465 e. The molecule has 0 aromatic heterocycles. The SMILES string of the molecule is COC(=O)C1=C(N)OC2=C(C(=O)C[C@@H](c3ccccc3)C2)[C@@H]1c1ccc(Cl)c([N+](=O)[O-])c1. The molecule has 2 aromatic rings. The second-order valence-corrected chi connectivity index (χ2v) is 7.96. The number of ether oxygens (including phenoxy) is 2. The van der Waals surface area contributed by atoms with E-state index in [-0.39, 0.29) is 45.9 Å². The number of hydrogen-bond donors (Lipinski definition) is 1. The fraction of sp³-hybridized carbons (Fsp3) is 0.217. The Bertz CT molecular complexity index is 1190. The van der Waals surface area contributed by atoms with Crippen molar-refractivity contribution in [2.24, 2.45) is 5.73 Å². The number of methoxy groups -OCH3 is 1. The van der Waals surface area contributed by atoms with Crippen molar-refractivity contribution in [2.75, 3.05) is 7.11 Å². The van der Waals surface area contributed by atoms with Gasteiger partial charge in [0, 0.05) is 24.5 Å². The molecule has 32 heavy (non-hydrogen) atoms. The number of ketones is 1. The molecule has 8 nitrogen and oxygen atoms in total. The highest BCUT2D eigenvalue weighted by Gasteiger charge is 2.43. The van der Waals surface area contributed by atoms with Crippen molar-refractivity contribution in [2.45, 2.75) is 24.7 Å². The highest BCUT2D eigenvalue weighted by atomic mass is 35.5. The van der Waals surface area contributed by atoms with Gasteiger partial charge in [0.2, 0.25) is 5.88 Å². The van der Waals surface area contributed by atoms with Crippen LogP contribution in [0.3, 0.4) is 0 Å². The van der Waals surface area contributed by atoms with E-state index in [1.54, 1.807) is 0 Å². The molecule has 1 aliphatic carbocycles. The Labute approximate surface area is 188 Å². The van der Waals surface area contributed by atoms with Crippen LogP contribution in [0.1, 0.15) is 35.8 Å². The van der Waals surface area contributed by atoms with Crippen molar-refractivity contribution in [1.29, 1.82) is 0 Å². The molecule has 2 aliphatic rings. The van der Waals surface area contributed by atoms with Gasteiger partial charge in [-0.15, -0.1) is 0 Å². The van der Waals surface area contributed by atoms with Crippen molar-refractivity contribution in [3.63, 3.8) is 0 Å². The molecule has 164 valence electrons. The number of nitrogens with two attached hydrogens (primary N) is 1. The third-order valence-corrected chi connectivity index (χ3v) is 6.04. The zero-order chi connectivity index (χ0) is 23.0. The van der Waals surface area contributed by atoms with E-state index in [1.807, 2.05) is 30.3 Å². The predicted octanol–water partition coefficient (Wildman–Crippen LogP) is 4.11. The average molecular weight is 455 g/mol. The van der Waals surface area contributed by atoms with E-state index in [2.05, 4.69) is 0 Å². The molecular formula is C23H19ClN2O6. The van der Waals surface area contributed by atoms with Crippen molar-refractivity contribution in [3.8, 4) is 0 Å². The topological polar surface area (TPSA) is 122 Å². The second kappa shape index (κ2) is 8.47. The molecule has 0 bridgehead atoms. The van der Waals surface area contributed by atoms with Gasteiger partial charge in [-0.1, -0.05) is 48.0 Å². The quantitative estimate of drug-likeness (QED) is 0.419. The molecule has 0 saturated heterocycles. The van der Waals surface area contributed by atoms with Gasteiger partial charge in [0.05, 0.1) is 18.0 Å². The molecule has 1 aliphatic heterocycles. The van der Waals surface area contributed by atoms with Gasteiger partial charge in [-0.2, -0.15) is 0 Å². The van der Waals surface area contributed by atoms with Crippen LogP contribution in [0.15, 0.2) is 71.3 Å². The summed E-state index contributed by atoms with van der Waals surface area (Å²) in [6, 6.07) is 13.7. The lowest BCUT2D eigenvalue weighted by Gasteiger charge is -2.35. The van der Waals surface area contributed by atoms with Crippen LogP contribution >= 0.6 is 11.6 Å². The van der Waals surface area contributed by atoms with Crippen molar-refractivity contribution >= 4 is 29.0 Å². The minimum absolute atomic E-state index is 0.0595. The smallest absolute Gasteiger partial charge is 0.340 e. The number of halogens is 1. The zero-order valence-electron chi connectivity index (χ0n) is 17.0. The van der Waals surface area contributed by atoms with E-state index in [4.69, 9.17) is 26.8 Å². The first kappa shape index (κ1) is 21.6. The molecule has 0 radical (unpaired) electrons. The highest BCUT2D eigenvalue weighted by molar-refractivity contribution is 6.32. The molecule has 0 unspecified atom stereocenters. The van der Waals surface area contributed by atoms with Crippen molar-refractivity contribution in [3.05, 3.63) is 97.6 Å². The molecule has 0 spiro atoms. The molecule has 0 saturated carbocycles. The van der Waals surface area contributed by atoms with Crippen LogP contribution < -0.4 is 5.73 Å². The number of benzene rings is 2. The Morgan fingerprint density at radius 2 is 1.91 bits per heavy atom. The lowest BCUT2D eigenvalue weighted by molar-refractivity contribution is -0.384. The number of carbonyl (C=O) groups is 2. The van der Waals surface area contributed by atoms with E-state index < -0.39 is 16.8 Å². The Balaban J connectivity index is 1.86. The van der Waals surface area contributed by atoms with Crippen molar-refractivity contribution in [1.82, 2.24) is 0 Å². The van der Waals surface area contributed by atoms with Gasteiger partial charge < -0.3 is 15.2 Å². The molecule has 0 fully saturated rings. The Kier molecular flexibility index (Phi) is 5.71. The second-order valence-electron chi connectivity index (χ2n) is 7.55. The number of nitro benzene ring substituents is 1. The van der Waals surface area contributed by atoms with Gasteiger partial charge >= 0.3 is 5.97 Å². The van der Waals surface area contributed by atoms with E-state index in [0.717, 1.165) is 5.56 Å². The van der Waals surface area contributed by atoms with E-state index in [0.29, 0.717) is 17.7 Å². The molecule has 1 heterocycles. The van der Waals surface area contributed by atoms with Crippen LogP contribution in [-0.2, 0) is 19.1 Å². The maximum atomic E-state index is 13.3. The summed E-state index contributed by atoms with van der Waals surface area (Å²) in [6.45, 7) is 0. The number of nitrogens with zero attached hydrogens (tertiary/aromatic N) is 1. The van der Waals surface area contributed by atoms with E-state index >= 15 is 0 Å². The third-order valence-electron chi connectivity index (χ3n) is 5.72. The van der Waals surface area contributed by atoms with Gasteiger partial charge in [-0.3, -0.25) is 14.9 Å². The summed E-state index contributed by atoms with van der Waals surface area (Å²) in [5.41, 5.74) is 7.24. The molecule has 2 N–H and O–H groups in total. The molecule has 0 amide bonds. The predicted molar refractivity (Wildman–Crippen MR) is 116 cm³/mol. The Hall–Kier alpha value is -3.65. The number of hydrogen-bond acceptors (Lipinski definition) is 7. The van der Waals surface area contributed by atoms with Crippen LogP contribution in [-0.4, -0.2) is 23.8 Å². The maximum absolute atomic E-state index is 13.3. The minimum atomic E-state index is -0.966. The first-order valence-electron chi connectivity index (χ1n) is 9.82. The zero-order valence-corrected chi connectivity index (χ0v) is 17.8. The first-order chi connectivity index (χ1) is 15.3. The van der Waals surface area contributed by atoms with Crippen LogP contribution in [0.5, 0.6) is 0 Å². The summed E-state index contributed by atoms with van der Waals surface area (Å²) in [5.74, 6) is -1.93. The fourth-order valence-corrected chi connectivity index (χ4v) is 4.45. The molecular weight excluding hydrogens is 436 g/mol. The van der Waals surface area contributed by atoms with Crippen molar-refractivity contribution < 1.29 is 24.0 Å². The highest BCUT2D eigenvalue weighted by Crippen LogP contribution is 2.48. The summed E-state index contributed by atoms with van der Waals surface area (Å²) < 4.78 is 10.6. The Morgan fingerprint density at radius 3 is 2.56 bits per heavy atom. The lowest BCUT2D eigenvalue weighted by atomic mass is 9.73. The van der Waals surface area contributed by atoms with E-state index in [9.17, 15) is 19.7 Å². The van der Waals surface area contributed by atoms with Gasteiger partial charge in [-0.05, 0) is 23.1 Å². The number of esters is 1. The van der Waals surface area contributed by atoms with E-state index in [1.165, 1.54) is 25.3 Å². The van der Waals surface area contributed by atoms with Crippen LogP contribution in [0.2, 0.25) is 5.02 Å². The number of rotatable bonds is 4. The normalized spacial score (nSPS) is 20.5. The molecule has 4 rings (SSSR count). The summed E-state index contributed by atoms with van der Waals surface area (Å²) in [7, 11) is 1.18. The molecule has 2 atom stereocenters. The monoisotopic (exact) mass is 454 g/mol. The van der Waals surface area contributed by atoms with Crippen LogP contribution in [0, 0.1) is 10.1 Å². The Morgan fingerprint density at radius 1 is 1.19 bits per heavy atom. The summed E-state index contributed by atoms with van der Waals surface area (Å²) in [4.78, 5) is 36.7. The number of carbonyl (C=O) groups excluding carboxylic acids is 2. The van der Waals surface area contributed by atoms with Gasteiger partial charge in [-0.25, -0.2) is 4.79 Å². The molecule has 9 heteroatoms. The van der Waals surface area contributed by atoms with Gasteiger partial charge in [0.15, 0.2) is 5.78 Å². The average Bonchev–Trinajstić information content (AvgIpc) is 2.78. The van der Waals surface area contributed by atoms with Gasteiger partial charge in [0.25, 0.3) is 5.69 Å². The third kappa shape index (κ3) is 3.73. The lowest BCUT2D eigenvalue weighted by Crippen LogP contribution is -2.33. The summed E-state index contributed by atoms with van der Waals surface area (Å²) >= 11 is 5.96. The van der Waals surface area contributed by atoms with Gasteiger partial charge in [0.1, 0.15) is 16.4 Å². The number of Topliss-reactive ketones (excluding diaryl/α,β-unsaturated/α-hetero) is 1. The number of nitro groups is 1. The summed E-state index contributed by atoms with van der Waals surface area (Å²) in [5, 5.41) is 11.4. The first-order valence-corrected chi connectivity index (χ1v) is 10.2. The molecule has 2 aromatic carbocycles. The van der Waals surface area contributed by atoms with Crippen LogP contribution in [0.25, 0.3) is 0 Å². The summed E-state index contributed by atoms with van der Waals surface area (Å²) in [6.07, 6.45) is 0.596. The van der Waals surface area contributed by atoms with Crippen LogP contribution in [0.4, 0.5) is 5.69 Å². The standard InChI is InChI=1S/C23H19ClN2O6/c1-31-23(28)21-19(13-7-8-15(24)16(9-13)26(29)30)20-17(27)10-14(11-18(20)32-22(21)25)12-5-3-2-4-6-12/h2-9,14,19H,10-11,25H2,1H3/t14-,19+/m1/s1. The number of allylic oxidation sites excluding steroid dienone is 2. The minimum Gasteiger partial charge on any atom is -0.465 e.